The van der Waals surface area contributed by atoms with E-state index in [1.54, 1.807) is 36.5 Å². The number of benzene rings is 2. The first-order valence-electron chi connectivity index (χ1n) is 7.72. The summed E-state index contributed by atoms with van der Waals surface area (Å²) in [4.78, 5) is 16.9. The van der Waals surface area contributed by atoms with Gasteiger partial charge in [-0.05, 0) is 30.3 Å². The second-order valence-electron chi connectivity index (χ2n) is 5.41. The Morgan fingerprint density at radius 1 is 1.04 bits per heavy atom. The first kappa shape index (κ1) is 17.3. The van der Waals surface area contributed by atoms with Gasteiger partial charge in [-0.15, -0.1) is 0 Å². The van der Waals surface area contributed by atoms with Gasteiger partial charge in [0.15, 0.2) is 29.4 Å². The van der Waals surface area contributed by atoms with E-state index in [1.807, 2.05) is 0 Å². The summed E-state index contributed by atoms with van der Waals surface area (Å²) in [5, 5.41) is 0. The minimum Gasteiger partial charge on any atom is -0.493 e. The van der Waals surface area contributed by atoms with Crippen LogP contribution < -0.4 is 19.9 Å². The van der Waals surface area contributed by atoms with Crippen molar-refractivity contribution in [2.24, 2.45) is 0 Å². The number of aromatic nitrogens is 1. The molecule has 0 aliphatic heterocycles. The van der Waals surface area contributed by atoms with Crippen molar-refractivity contribution in [2.75, 3.05) is 27.1 Å². The minimum absolute atomic E-state index is 0.275. The molecule has 3 aromatic rings. The summed E-state index contributed by atoms with van der Waals surface area (Å²) in [6.45, 7) is 0. The lowest BCUT2D eigenvalue weighted by molar-refractivity contribution is 0.103. The number of ether oxygens (including phenoxy) is 3. The Morgan fingerprint density at radius 2 is 1.73 bits per heavy atom. The molecular formula is C19H18N2O5. The molecule has 0 amide bonds. The van der Waals surface area contributed by atoms with Gasteiger partial charge in [0.05, 0.1) is 27.5 Å². The van der Waals surface area contributed by atoms with Crippen LogP contribution in [0.25, 0.3) is 11.3 Å². The molecule has 7 nitrogen and oxygen atoms in total. The molecule has 0 aliphatic rings. The van der Waals surface area contributed by atoms with Crippen molar-refractivity contribution >= 4 is 11.5 Å². The van der Waals surface area contributed by atoms with Crippen molar-refractivity contribution in [3.05, 3.63) is 54.0 Å². The second kappa shape index (κ2) is 7.18. The van der Waals surface area contributed by atoms with Crippen molar-refractivity contribution in [3.63, 3.8) is 0 Å². The summed E-state index contributed by atoms with van der Waals surface area (Å²) in [6, 6.07) is 8.26. The highest BCUT2D eigenvalue weighted by molar-refractivity contribution is 6.13. The Labute approximate surface area is 150 Å². The van der Waals surface area contributed by atoms with Crippen LogP contribution in [-0.4, -0.2) is 32.1 Å². The Bertz CT molecular complexity index is 910. The normalized spacial score (nSPS) is 10.4. The van der Waals surface area contributed by atoms with E-state index in [-0.39, 0.29) is 5.78 Å². The third-order valence-corrected chi connectivity index (χ3v) is 3.94. The molecule has 134 valence electrons. The Kier molecular flexibility index (Phi) is 4.79. The van der Waals surface area contributed by atoms with Gasteiger partial charge in [0, 0.05) is 22.4 Å². The van der Waals surface area contributed by atoms with E-state index >= 15 is 0 Å². The highest BCUT2D eigenvalue weighted by Gasteiger charge is 2.20. The summed E-state index contributed by atoms with van der Waals surface area (Å²) in [5.41, 5.74) is 7.78. The summed E-state index contributed by atoms with van der Waals surface area (Å²) in [5.74, 6) is 1.46. The number of nitrogen functional groups attached to an aromatic ring is 1. The number of anilines is 1. The molecule has 0 unspecified atom stereocenters. The van der Waals surface area contributed by atoms with Gasteiger partial charge in [-0.25, -0.2) is 4.98 Å². The molecule has 3 rings (SSSR count). The number of nitrogens with zero attached hydrogens (tertiary/aromatic N) is 1. The number of hydrogen-bond acceptors (Lipinski definition) is 7. The fourth-order valence-corrected chi connectivity index (χ4v) is 2.63. The molecule has 0 fully saturated rings. The fourth-order valence-electron chi connectivity index (χ4n) is 2.63. The fraction of sp³-hybridized carbons (Fsp3) is 0.158. The molecule has 1 aromatic heterocycles. The van der Waals surface area contributed by atoms with Crippen molar-refractivity contribution < 1.29 is 23.4 Å². The molecule has 2 N–H and O–H groups in total. The van der Waals surface area contributed by atoms with Crippen molar-refractivity contribution in [2.45, 2.75) is 0 Å². The van der Waals surface area contributed by atoms with E-state index in [0.29, 0.717) is 45.4 Å². The van der Waals surface area contributed by atoms with Gasteiger partial charge in [0.25, 0.3) is 0 Å². The number of oxazole rings is 1. The third kappa shape index (κ3) is 3.06. The van der Waals surface area contributed by atoms with E-state index in [4.69, 9.17) is 24.4 Å². The number of carbonyl (C=O) groups is 1. The predicted octanol–water partition coefficient (Wildman–Crippen LogP) is 3.18. The van der Waals surface area contributed by atoms with Gasteiger partial charge in [-0.1, -0.05) is 0 Å². The average molecular weight is 354 g/mol. The van der Waals surface area contributed by atoms with Crippen molar-refractivity contribution in [1.29, 1.82) is 0 Å². The Morgan fingerprint density at radius 3 is 2.27 bits per heavy atom. The lowest BCUT2D eigenvalue weighted by Crippen LogP contribution is -2.07. The third-order valence-electron chi connectivity index (χ3n) is 3.94. The Balaban J connectivity index is 2.08. The topological polar surface area (TPSA) is 96.8 Å². The van der Waals surface area contributed by atoms with Crippen LogP contribution >= 0.6 is 0 Å². The van der Waals surface area contributed by atoms with Gasteiger partial charge in [0.2, 0.25) is 5.75 Å². The number of hydrogen-bond donors (Lipinski definition) is 1. The van der Waals surface area contributed by atoms with Crippen molar-refractivity contribution in [1.82, 2.24) is 4.98 Å². The molecule has 26 heavy (non-hydrogen) atoms. The van der Waals surface area contributed by atoms with E-state index in [9.17, 15) is 4.79 Å². The van der Waals surface area contributed by atoms with Crippen LogP contribution in [0.5, 0.6) is 17.2 Å². The Hall–Kier alpha value is -3.48. The quantitative estimate of drug-likeness (QED) is 0.536. The molecule has 2 aromatic carbocycles. The molecule has 0 saturated carbocycles. The summed E-state index contributed by atoms with van der Waals surface area (Å²) in [7, 11) is 4.48. The van der Waals surface area contributed by atoms with Gasteiger partial charge in [-0.3, -0.25) is 4.79 Å². The van der Waals surface area contributed by atoms with E-state index in [0.717, 1.165) is 0 Å². The van der Waals surface area contributed by atoms with Crippen LogP contribution in [-0.2, 0) is 0 Å². The molecular weight excluding hydrogens is 336 g/mol. The first-order chi connectivity index (χ1) is 12.6. The zero-order valence-corrected chi connectivity index (χ0v) is 14.6. The molecule has 0 saturated heterocycles. The van der Waals surface area contributed by atoms with E-state index in [2.05, 4.69) is 4.98 Å². The number of rotatable bonds is 6. The molecule has 0 spiro atoms. The van der Waals surface area contributed by atoms with Crippen LogP contribution in [0, 0.1) is 0 Å². The highest BCUT2D eigenvalue weighted by atomic mass is 16.5. The van der Waals surface area contributed by atoms with Crippen LogP contribution in [0.4, 0.5) is 5.69 Å². The smallest absolute Gasteiger partial charge is 0.203 e. The lowest BCUT2D eigenvalue weighted by atomic mass is 9.98. The summed E-state index contributed by atoms with van der Waals surface area (Å²) < 4.78 is 21.2. The van der Waals surface area contributed by atoms with Crippen LogP contribution in [0.3, 0.4) is 0 Å². The van der Waals surface area contributed by atoms with Crippen LogP contribution in [0.15, 0.2) is 47.3 Å². The largest absolute Gasteiger partial charge is 0.493 e. The number of nitrogens with two attached hydrogens (primary N) is 1. The first-order valence-corrected chi connectivity index (χ1v) is 7.72. The average Bonchev–Trinajstić information content (AvgIpc) is 3.21. The van der Waals surface area contributed by atoms with Gasteiger partial charge in [0.1, 0.15) is 0 Å². The maximum atomic E-state index is 13.0. The SMILES string of the molecule is COc1cc(C(=O)c2cc(-c3cnco3)ccc2N)cc(OC)c1OC. The van der Waals surface area contributed by atoms with E-state index in [1.165, 1.54) is 27.7 Å². The van der Waals surface area contributed by atoms with Gasteiger partial charge < -0.3 is 24.4 Å². The van der Waals surface area contributed by atoms with Crippen molar-refractivity contribution in [3.8, 4) is 28.6 Å². The maximum absolute atomic E-state index is 13.0. The molecule has 0 atom stereocenters. The number of methoxy groups -OCH3 is 3. The summed E-state index contributed by atoms with van der Waals surface area (Å²) in [6.07, 6.45) is 2.89. The molecule has 7 heteroatoms. The maximum Gasteiger partial charge on any atom is 0.203 e. The zero-order chi connectivity index (χ0) is 18.7. The lowest BCUT2D eigenvalue weighted by Gasteiger charge is -2.14. The molecule has 0 aliphatic carbocycles. The number of ketones is 1. The predicted molar refractivity (Wildman–Crippen MR) is 95.9 cm³/mol. The minimum atomic E-state index is -0.275. The summed E-state index contributed by atoms with van der Waals surface area (Å²) >= 11 is 0. The molecule has 0 bridgehead atoms. The van der Waals surface area contributed by atoms with E-state index < -0.39 is 0 Å². The highest BCUT2D eigenvalue weighted by Crippen LogP contribution is 2.39. The molecule has 1 heterocycles. The zero-order valence-electron chi connectivity index (χ0n) is 14.6. The standard InChI is InChI=1S/C19H18N2O5/c1-23-15-7-12(8-16(24-2)19(15)25-3)18(22)13-6-11(4-5-14(13)20)17-9-21-10-26-17/h4-10H,20H2,1-3H3. The second-order valence-corrected chi connectivity index (χ2v) is 5.41. The van der Waals surface area contributed by atoms with Gasteiger partial charge in [-0.2, -0.15) is 0 Å². The number of carbonyl (C=O) groups excluding carboxylic acids is 1. The van der Waals surface area contributed by atoms with Crippen LogP contribution in [0.2, 0.25) is 0 Å². The van der Waals surface area contributed by atoms with Gasteiger partial charge >= 0.3 is 0 Å². The molecule has 0 radical (unpaired) electrons. The van der Waals surface area contributed by atoms with Crippen LogP contribution in [0.1, 0.15) is 15.9 Å². The monoisotopic (exact) mass is 354 g/mol.